The molecule has 0 saturated carbocycles. The molecule has 1 aromatic rings. The van der Waals surface area contributed by atoms with Crippen LogP contribution in [0.4, 0.5) is 5.69 Å². The van der Waals surface area contributed by atoms with Gasteiger partial charge in [-0.2, -0.15) is 0 Å². The van der Waals surface area contributed by atoms with Crippen LogP contribution in [0.25, 0.3) is 0 Å². The Balaban J connectivity index is 2.21. The number of fused-ring (bicyclic) bond motifs is 1. The highest BCUT2D eigenvalue weighted by atomic mass is 16.7. The molecule has 0 fully saturated rings. The third kappa shape index (κ3) is 3.11. The van der Waals surface area contributed by atoms with Crippen LogP contribution in [0.15, 0.2) is 18.2 Å². The molecule has 0 aromatic heterocycles. The lowest BCUT2D eigenvalue weighted by Gasteiger charge is -2.24. The highest BCUT2D eigenvalue weighted by molar-refractivity contribution is 5.76. The van der Waals surface area contributed by atoms with Crippen molar-refractivity contribution in [1.82, 2.24) is 0 Å². The Morgan fingerprint density at radius 3 is 2.65 bits per heavy atom. The van der Waals surface area contributed by atoms with Crippen molar-refractivity contribution in [3.05, 3.63) is 18.2 Å². The minimum Gasteiger partial charge on any atom is -0.481 e. The molecule has 0 saturated heterocycles. The molecule has 0 bridgehead atoms. The highest BCUT2D eigenvalue weighted by Gasteiger charge is 2.21. The van der Waals surface area contributed by atoms with Crippen molar-refractivity contribution < 1.29 is 29.3 Å². The number of hydrogen-bond acceptors (Lipinski definition) is 5. The Labute approximate surface area is 115 Å². The van der Waals surface area contributed by atoms with Gasteiger partial charge in [-0.25, -0.2) is 0 Å². The minimum absolute atomic E-state index is 0.0985. The van der Waals surface area contributed by atoms with Crippen LogP contribution in [-0.4, -0.2) is 42.0 Å². The van der Waals surface area contributed by atoms with E-state index in [-0.39, 0.29) is 19.9 Å². The maximum absolute atomic E-state index is 10.9. The largest absolute Gasteiger partial charge is 0.481 e. The summed E-state index contributed by atoms with van der Waals surface area (Å²) in [7, 11) is 0. The molecule has 20 heavy (non-hydrogen) atoms. The number of carboxylic acids is 2. The zero-order valence-corrected chi connectivity index (χ0v) is 10.9. The van der Waals surface area contributed by atoms with Crippen molar-refractivity contribution in [1.29, 1.82) is 0 Å². The first kappa shape index (κ1) is 14.0. The SMILES string of the molecule is CC(CN(CC(=O)O)c1ccc2c(c1)OCO2)C(=O)O. The number of ether oxygens (including phenoxy) is 2. The molecule has 2 N–H and O–H groups in total. The van der Waals surface area contributed by atoms with Gasteiger partial charge in [-0.3, -0.25) is 9.59 Å². The Hall–Kier alpha value is -2.44. The smallest absolute Gasteiger partial charge is 0.323 e. The number of anilines is 1. The van der Waals surface area contributed by atoms with E-state index >= 15 is 0 Å². The van der Waals surface area contributed by atoms with E-state index in [0.29, 0.717) is 17.2 Å². The van der Waals surface area contributed by atoms with E-state index in [4.69, 9.17) is 19.7 Å². The number of aliphatic carboxylic acids is 2. The first-order valence-electron chi connectivity index (χ1n) is 6.06. The second-order valence-electron chi connectivity index (χ2n) is 4.55. The summed E-state index contributed by atoms with van der Waals surface area (Å²) < 4.78 is 10.4. The Morgan fingerprint density at radius 1 is 1.30 bits per heavy atom. The van der Waals surface area contributed by atoms with Gasteiger partial charge in [0.1, 0.15) is 6.54 Å². The van der Waals surface area contributed by atoms with E-state index < -0.39 is 17.9 Å². The van der Waals surface area contributed by atoms with Gasteiger partial charge in [0.05, 0.1) is 5.92 Å². The van der Waals surface area contributed by atoms with E-state index in [1.165, 1.54) is 11.8 Å². The van der Waals surface area contributed by atoms with Gasteiger partial charge in [-0.15, -0.1) is 0 Å². The minimum atomic E-state index is -1.03. The molecule has 0 amide bonds. The standard InChI is InChI=1S/C13H15NO6/c1-8(13(17)18)5-14(6-12(15)16)9-2-3-10-11(4-9)20-7-19-10/h2-4,8H,5-7H2,1H3,(H,15,16)(H,17,18). The molecule has 0 spiro atoms. The second kappa shape index (κ2) is 5.68. The Kier molecular flexibility index (Phi) is 3.97. The zero-order chi connectivity index (χ0) is 14.7. The number of nitrogens with zero attached hydrogens (tertiary/aromatic N) is 1. The van der Waals surface area contributed by atoms with Crippen LogP contribution in [-0.2, 0) is 9.59 Å². The molecule has 1 unspecified atom stereocenters. The summed E-state index contributed by atoms with van der Waals surface area (Å²) in [4.78, 5) is 23.3. The summed E-state index contributed by atoms with van der Waals surface area (Å²) in [5, 5.41) is 17.9. The lowest BCUT2D eigenvalue weighted by molar-refractivity contribution is -0.141. The van der Waals surface area contributed by atoms with Crippen molar-refractivity contribution in [2.45, 2.75) is 6.92 Å². The van der Waals surface area contributed by atoms with Gasteiger partial charge in [0.25, 0.3) is 0 Å². The average molecular weight is 281 g/mol. The molecule has 7 nitrogen and oxygen atoms in total. The zero-order valence-electron chi connectivity index (χ0n) is 10.9. The van der Waals surface area contributed by atoms with Gasteiger partial charge < -0.3 is 24.6 Å². The molecule has 1 atom stereocenters. The van der Waals surface area contributed by atoms with Crippen LogP contribution in [0.1, 0.15) is 6.92 Å². The second-order valence-corrected chi connectivity index (χ2v) is 4.55. The molecule has 1 aliphatic rings. The molecule has 2 rings (SSSR count). The van der Waals surface area contributed by atoms with Crippen LogP contribution >= 0.6 is 0 Å². The fourth-order valence-corrected chi connectivity index (χ4v) is 1.92. The third-order valence-corrected chi connectivity index (χ3v) is 2.96. The van der Waals surface area contributed by atoms with Crippen molar-refractivity contribution in [3.63, 3.8) is 0 Å². The van der Waals surface area contributed by atoms with E-state index in [9.17, 15) is 9.59 Å². The highest BCUT2D eigenvalue weighted by Crippen LogP contribution is 2.35. The molecule has 1 heterocycles. The molecular formula is C13H15NO6. The summed E-state index contributed by atoms with van der Waals surface area (Å²) in [6, 6.07) is 5.02. The number of rotatable bonds is 6. The quantitative estimate of drug-likeness (QED) is 0.803. The number of benzene rings is 1. The molecule has 0 aliphatic carbocycles. The van der Waals surface area contributed by atoms with Gasteiger partial charge in [-0.1, -0.05) is 6.92 Å². The van der Waals surface area contributed by atoms with Crippen molar-refractivity contribution in [2.24, 2.45) is 5.92 Å². The van der Waals surface area contributed by atoms with Crippen molar-refractivity contribution in [2.75, 3.05) is 24.8 Å². The Morgan fingerprint density at radius 2 is 2.00 bits per heavy atom. The van der Waals surface area contributed by atoms with E-state index in [0.717, 1.165) is 0 Å². The number of carbonyl (C=O) groups is 2. The van der Waals surface area contributed by atoms with Crippen molar-refractivity contribution in [3.8, 4) is 11.5 Å². The maximum Gasteiger partial charge on any atom is 0.323 e. The molecule has 7 heteroatoms. The molecule has 0 radical (unpaired) electrons. The fourth-order valence-electron chi connectivity index (χ4n) is 1.92. The first-order valence-corrected chi connectivity index (χ1v) is 6.06. The van der Waals surface area contributed by atoms with Gasteiger partial charge in [0.2, 0.25) is 6.79 Å². The number of carboxylic acid groups (broad SMARTS) is 2. The van der Waals surface area contributed by atoms with E-state index in [2.05, 4.69) is 0 Å². The van der Waals surface area contributed by atoms with Gasteiger partial charge in [-0.05, 0) is 12.1 Å². The fraction of sp³-hybridized carbons (Fsp3) is 0.385. The summed E-state index contributed by atoms with van der Waals surface area (Å²) in [6.45, 7) is 1.48. The van der Waals surface area contributed by atoms with Crippen LogP contribution < -0.4 is 14.4 Å². The average Bonchev–Trinajstić information content (AvgIpc) is 2.84. The molecule has 1 aromatic carbocycles. The lowest BCUT2D eigenvalue weighted by Crippen LogP contribution is -2.35. The third-order valence-electron chi connectivity index (χ3n) is 2.96. The van der Waals surface area contributed by atoms with Gasteiger partial charge >= 0.3 is 11.9 Å². The van der Waals surface area contributed by atoms with Crippen LogP contribution in [0.2, 0.25) is 0 Å². The predicted octanol–water partition coefficient (Wildman–Crippen LogP) is 1.03. The summed E-state index contributed by atoms with van der Waals surface area (Å²) in [5.74, 6) is -1.56. The Bertz CT molecular complexity index is 530. The molecule has 1 aliphatic heterocycles. The topological polar surface area (TPSA) is 96.3 Å². The van der Waals surface area contributed by atoms with Crippen LogP contribution in [0, 0.1) is 5.92 Å². The summed E-state index contributed by atoms with van der Waals surface area (Å²) in [5.41, 5.74) is 0.588. The van der Waals surface area contributed by atoms with Gasteiger partial charge in [0.15, 0.2) is 11.5 Å². The van der Waals surface area contributed by atoms with Crippen LogP contribution in [0.5, 0.6) is 11.5 Å². The monoisotopic (exact) mass is 281 g/mol. The van der Waals surface area contributed by atoms with Crippen molar-refractivity contribution >= 4 is 17.6 Å². The summed E-state index contributed by atoms with van der Waals surface area (Å²) >= 11 is 0. The lowest BCUT2D eigenvalue weighted by atomic mass is 10.1. The molecule has 108 valence electrons. The van der Waals surface area contributed by atoms with E-state index in [1.807, 2.05) is 0 Å². The maximum atomic E-state index is 10.9. The van der Waals surface area contributed by atoms with Gasteiger partial charge in [0, 0.05) is 18.3 Å². The number of hydrogen-bond donors (Lipinski definition) is 2. The molecular weight excluding hydrogens is 266 g/mol. The first-order chi connectivity index (χ1) is 9.47. The van der Waals surface area contributed by atoms with E-state index in [1.54, 1.807) is 18.2 Å². The summed E-state index contributed by atoms with van der Waals surface area (Å²) in [6.07, 6.45) is 0. The normalized spacial score (nSPS) is 13.8. The predicted molar refractivity (Wildman–Crippen MR) is 69.2 cm³/mol. The van der Waals surface area contributed by atoms with Crippen LogP contribution in [0.3, 0.4) is 0 Å².